The number of amides is 2. The van der Waals surface area contributed by atoms with Gasteiger partial charge in [-0.2, -0.15) is 0 Å². The Morgan fingerprint density at radius 3 is 2.58 bits per heavy atom. The van der Waals surface area contributed by atoms with E-state index in [9.17, 15) is 4.79 Å². The van der Waals surface area contributed by atoms with E-state index < -0.39 is 0 Å². The Morgan fingerprint density at radius 1 is 1.08 bits per heavy atom. The number of benzene rings is 2. The van der Waals surface area contributed by atoms with E-state index in [0.29, 0.717) is 5.13 Å². The minimum Gasteiger partial charge on any atom is -0.496 e. The third kappa shape index (κ3) is 4.06. The summed E-state index contributed by atoms with van der Waals surface area (Å²) in [5, 5.41) is 7.93. The quantitative estimate of drug-likeness (QED) is 0.678. The molecule has 0 atom stereocenters. The zero-order valence-corrected chi connectivity index (χ0v) is 14.5. The highest BCUT2D eigenvalue weighted by atomic mass is 32.2. The summed E-state index contributed by atoms with van der Waals surface area (Å²) in [6.07, 6.45) is 1.64. The van der Waals surface area contributed by atoms with Crippen LogP contribution in [0.3, 0.4) is 0 Å². The second kappa shape index (κ2) is 7.85. The Labute approximate surface area is 148 Å². The first kappa shape index (κ1) is 16.4. The lowest BCUT2D eigenvalue weighted by Gasteiger charge is -2.12. The molecule has 0 spiro atoms. The van der Waals surface area contributed by atoms with Gasteiger partial charge >= 0.3 is 6.03 Å². The maximum Gasteiger partial charge on any atom is 0.325 e. The number of carbonyl (C=O) groups excluding carboxylic acids is 1. The lowest BCUT2D eigenvalue weighted by Crippen LogP contribution is -2.19. The third-order valence-corrected chi connectivity index (χ3v) is 4.90. The molecule has 24 heavy (non-hydrogen) atoms. The highest BCUT2D eigenvalue weighted by molar-refractivity contribution is 7.99. The molecule has 0 saturated carbocycles. The van der Waals surface area contributed by atoms with Crippen LogP contribution in [0.5, 0.6) is 5.75 Å². The normalized spacial score (nSPS) is 10.2. The number of rotatable bonds is 5. The molecule has 7 heteroatoms. The number of aromatic nitrogens is 1. The predicted molar refractivity (Wildman–Crippen MR) is 98.3 cm³/mol. The molecule has 122 valence electrons. The van der Waals surface area contributed by atoms with E-state index in [-0.39, 0.29) is 6.03 Å². The molecule has 3 rings (SSSR count). The molecule has 0 unspecified atom stereocenters. The summed E-state index contributed by atoms with van der Waals surface area (Å²) in [4.78, 5) is 18.1. The second-order valence-corrected chi connectivity index (χ2v) is 6.64. The molecule has 0 aliphatic rings. The molecule has 1 aromatic heterocycles. The van der Waals surface area contributed by atoms with Crippen LogP contribution in [0.4, 0.5) is 15.6 Å². The largest absolute Gasteiger partial charge is 0.496 e. The van der Waals surface area contributed by atoms with Gasteiger partial charge in [-0.05, 0) is 24.3 Å². The summed E-state index contributed by atoms with van der Waals surface area (Å²) < 4.78 is 5.38. The summed E-state index contributed by atoms with van der Waals surface area (Å²) >= 11 is 2.90. The number of urea groups is 1. The Balaban J connectivity index is 1.76. The van der Waals surface area contributed by atoms with Crippen LogP contribution in [-0.4, -0.2) is 18.1 Å². The van der Waals surface area contributed by atoms with Crippen LogP contribution in [0.2, 0.25) is 0 Å². The number of ether oxygens (including phenoxy) is 1. The van der Waals surface area contributed by atoms with E-state index in [1.165, 1.54) is 23.1 Å². The molecular weight excluding hydrogens is 342 g/mol. The molecule has 1 heterocycles. The van der Waals surface area contributed by atoms with Crippen molar-refractivity contribution in [3.05, 3.63) is 60.1 Å². The average molecular weight is 357 g/mol. The van der Waals surface area contributed by atoms with Gasteiger partial charge in [0.15, 0.2) is 5.13 Å². The van der Waals surface area contributed by atoms with Gasteiger partial charge in [0.2, 0.25) is 0 Å². The van der Waals surface area contributed by atoms with Crippen molar-refractivity contribution in [2.24, 2.45) is 0 Å². The Kier molecular flexibility index (Phi) is 5.35. The number of thiazole rings is 1. The smallest absolute Gasteiger partial charge is 0.325 e. The maximum absolute atomic E-state index is 12.1. The molecule has 2 N–H and O–H groups in total. The number of nitrogens with zero attached hydrogens (tertiary/aromatic N) is 1. The van der Waals surface area contributed by atoms with Crippen molar-refractivity contribution in [2.45, 2.75) is 9.79 Å². The number of nitrogens with one attached hydrogen (secondary N) is 2. The van der Waals surface area contributed by atoms with E-state index in [1.807, 2.05) is 48.5 Å². The molecule has 0 fully saturated rings. The number of carbonyl (C=O) groups is 1. The Morgan fingerprint density at radius 2 is 1.83 bits per heavy atom. The summed E-state index contributed by atoms with van der Waals surface area (Å²) in [6.45, 7) is 0. The van der Waals surface area contributed by atoms with Gasteiger partial charge in [-0.25, -0.2) is 9.78 Å². The van der Waals surface area contributed by atoms with Crippen molar-refractivity contribution in [1.29, 1.82) is 0 Å². The molecule has 2 amide bonds. The number of anilines is 2. The summed E-state index contributed by atoms with van der Waals surface area (Å²) in [6, 6.07) is 15.1. The topological polar surface area (TPSA) is 63.2 Å². The van der Waals surface area contributed by atoms with Crippen molar-refractivity contribution in [3.63, 3.8) is 0 Å². The van der Waals surface area contributed by atoms with E-state index in [1.54, 1.807) is 18.7 Å². The summed E-state index contributed by atoms with van der Waals surface area (Å²) in [5.41, 5.74) is 0.725. The molecule has 3 aromatic rings. The van der Waals surface area contributed by atoms with Gasteiger partial charge < -0.3 is 10.1 Å². The van der Waals surface area contributed by atoms with E-state index >= 15 is 0 Å². The Hall–Kier alpha value is -2.51. The number of para-hydroxylation sites is 2. The minimum atomic E-state index is -0.321. The van der Waals surface area contributed by atoms with Crippen LogP contribution in [0.25, 0.3) is 0 Å². The molecule has 5 nitrogen and oxygen atoms in total. The van der Waals surface area contributed by atoms with E-state index in [2.05, 4.69) is 15.6 Å². The molecule has 0 bridgehead atoms. The molecule has 0 aliphatic carbocycles. The van der Waals surface area contributed by atoms with Crippen molar-refractivity contribution in [3.8, 4) is 5.75 Å². The first-order valence-electron chi connectivity index (χ1n) is 7.13. The van der Waals surface area contributed by atoms with Gasteiger partial charge in [0, 0.05) is 16.5 Å². The highest BCUT2D eigenvalue weighted by Crippen LogP contribution is 2.38. The van der Waals surface area contributed by atoms with E-state index in [0.717, 1.165) is 21.2 Å². The zero-order chi connectivity index (χ0) is 16.8. The monoisotopic (exact) mass is 357 g/mol. The van der Waals surface area contributed by atoms with Crippen LogP contribution in [-0.2, 0) is 0 Å². The van der Waals surface area contributed by atoms with Crippen LogP contribution < -0.4 is 15.4 Å². The fourth-order valence-corrected chi connectivity index (χ4v) is 3.55. The lowest BCUT2D eigenvalue weighted by molar-refractivity contribution is 0.262. The maximum atomic E-state index is 12.1. The van der Waals surface area contributed by atoms with Gasteiger partial charge in [0.05, 0.1) is 17.7 Å². The zero-order valence-electron chi connectivity index (χ0n) is 12.9. The summed E-state index contributed by atoms with van der Waals surface area (Å²) in [5.74, 6) is 0.796. The van der Waals surface area contributed by atoms with Gasteiger partial charge in [-0.1, -0.05) is 36.0 Å². The van der Waals surface area contributed by atoms with Crippen LogP contribution in [0.15, 0.2) is 69.9 Å². The molecule has 0 aliphatic heterocycles. The number of methoxy groups -OCH3 is 1. The van der Waals surface area contributed by atoms with Gasteiger partial charge in [0.1, 0.15) is 5.75 Å². The molecule has 0 radical (unpaired) electrons. The van der Waals surface area contributed by atoms with E-state index in [4.69, 9.17) is 4.74 Å². The van der Waals surface area contributed by atoms with Crippen LogP contribution in [0.1, 0.15) is 0 Å². The first-order valence-corrected chi connectivity index (χ1v) is 8.83. The molecule has 0 saturated heterocycles. The fraction of sp³-hybridized carbons (Fsp3) is 0.0588. The van der Waals surface area contributed by atoms with Crippen LogP contribution in [0, 0.1) is 0 Å². The molecular formula is C17H15N3O2S2. The Bertz CT molecular complexity index is 822. The van der Waals surface area contributed by atoms with Crippen molar-refractivity contribution in [2.75, 3.05) is 17.7 Å². The fourth-order valence-electron chi connectivity index (χ4n) is 2.02. The third-order valence-electron chi connectivity index (χ3n) is 3.08. The molecule has 2 aromatic carbocycles. The predicted octanol–water partition coefficient (Wildman–Crippen LogP) is 4.95. The summed E-state index contributed by atoms with van der Waals surface area (Å²) in [7, 11) is 1.64. The van der Waals surface area contributed by atoms with Gasteiger partial charge in [-0.15, -0.1) is 11.3 Å². The number of hydrogen-bond acceptors (Lipinski definition) is 5. The van der Waals surface area contributed by atoms with Gasteiger partial charge in [0.25, 0.3) is 0 Å². The minimum absolute atomic E-state index is 0.321. The van der Waals surface area contributed by atoms with Gasteiger partial charge in [-0.3, -0.25) is 5.32 Å². The number of hydrogen-bond donors (Lipinski definition) is 2. The SMILES string of the molecule is COc1ccccc1Sc1ccccc1NC(=O)Nc1nccs1. The van der Waals surface area contributed by atoms with Crippen molar-refractivity contribution >= 4 is 39.9 Å². The van der Waals surface area contributed by atoms with Crippen LogP contribution >= 0.6 is 23.1 Å². The second-order valence-electron chi connectivity index (χ2n) is 4.67. The first-order chi connectivity index (χ1) is 11.8. The van der Waals surface area contributed by atoms with Crippen molar-refractivity contribution < 1.29 is 9.53 Å². The average Bonchev–Trinajstić information content (AvgIpc) is 3.10. The van der Waals surface area contributed by atoms with Crippen molar-refractivity contribution in [1.82, 2.24) is 4.98 Å². The highest BCUT2D eigenvalue weighted by Gasteiger charge is 2.11. The standard InChI is InChI=1S/C17H15N3O2S2/c1-22-13-7-3-5-9-15(13)24-14-8-4-2-6-12(14)19-16(21)20-17-18-10-11-23-17/h2-11H,1H3,(H2,18,19,20,21). The lowest BCUT2D eigenvalue weighted by atomic mass is 10.3.